The molecule has 18 heavy (non-hydrogen) atoms. The van der Waals surface area contributed by atoms with E-state index in [0.717, 1.165) is 5.92 Å². The van der Waals surface area contributed by atoms with Gasteiger partial charge < -0.3 is 5.32 Å². The molecular formula is C16H22FN. The lowest BCUT2D eigenvalue weighted by molar-refractivity contribution is 0.262. The van der Waals surface area contributed by atoms with Crippen molar-refractivity contribution >= 4 is 0 Å². The molecule has 98 valence electrons. The highest BCUT2D eigenvalue weighted by Crippen LogP contribution is 2.38. The SMILES string of the molecule is CC(CC1CC1)NC1CC(c2ccc(F)cc2)C1. The van der Waals surface area contributed by atoms with Crippen molar-refractivity contribution in [3.63, 3.8) is 0 Å². The number of rotatable bonds is 5. The van der Waals surface area contributed by atoms with Crippen molar-refractivity contribution in [2.45, 2.75) is 57.0 Å². The van der Waals surface area contributed by atoms with E-state index in [1.165, 1.54) is 37.7 Å². The quantitative estimate of drug-likeness (QED) is 0.833. The van der Waals surface area contributed by atoms with Gasteiger partial charge in [-0.05, 0) is 55.7 Å². The van der Waals surface area contributed by atoms with E-state index in [4.69, 9.17) is 0 Å². The second kappa shape index (κ2) is 5.00. The topological polar surface area (TPSA) is 12.0 Å². The lowest BCUT2D eigenvalue weighted by Crippen LogP contribution is -2.44. The summed E-state index contributed by atoms with van der Waals surface area (Å²) in [6.07, 6.45) is 6.64. The van der Waals surface area contributed by atoms with E-state index in [1.807, 2.05) is 12.1 Å². The van der Waals surface area contributed by atoms with E-state index in [-0.39, 0.29) is 5.82 Å². The molecule has 0 radical (unpaired) electrons. The number of hydrogen-bond donors (Lipinski definition) is 1. The molecule has 0 spiro atoms. The third-order valence-corrected chi connectivity index (χ3v) is 4.38. The van der Waals surface area contributed by atoms with Gasteiger partial charge in [0.2, 0.25) is 0 Å². The molecule has 2 fully saturated rings. The first-order valence-corrected chi connectivity index (χ1v) is 7.22. The third-order valence-electron chi connectivity index (χ3n) is 4.38. The number of hydrogen-bond acceptors (Lipinski definition) is 1. The van der Waals surface area contributed by atoms with Crippen LogP contribution in [0.25, 0.3) is 0 Å². The Morgan fingerprint density at radius 2 is 1.89 bits per heavy atom. The smallest absolute Gasteiger partial charge is 0.123 e. The van der Waals surface area contributed by atoms with E-state index >= 15 is 0 Å². The first kappa shape index (κ1) is 12.2. The molecule has 1 N–H and O–H groups in total. The summed E-state index contributed by atoms with van der Waals surface area (Å²) in [5.74, 6) is 1.50. The van der Waals surface area contributed by atoms with E-state index in [9.17, 15) is 4.39 Å². The minimum atomic E-state index is -0.134. The molecule has 2 aliphatic rings. The Balaban J connectivity index is 1.43. The Hall–Kier alpha value is -0.890. The summed E-state index contributed by atoms with van der Waals surface area (Å²) >= 11 is 0. The summed E-state index contributed by atoms with van der Waals surface area (Å²) in [4.78, 5) is 0. The summed E-state index contributed by atoms with van der Waals surface area (Å²) in [5.41, 5.74) is 1.30. The maximum absolute atomic E-state index is 12.8. The second-order valence-corrected chi connectivity index (χ2v) is 6.16. The van der Waals surface area contributed by atoms with E-state index in [0.29, 0.717) is 18.0 Å². The monoisotopic (exact) mass is 247 g/mol. The van der Waals surface area contributed by atoms with Crippen molar-refractivity contribution in [2.75, 3.05) is 0 Å². The van der Waals surface area contributed by atoms with Crippen molar-refractivity contribution in [2.24, 2.45) is 5.92 Å². The number of halogens is 1. The predicted octanol–water partition coefficient (Wildman–Crippen LogP) is 3.85. The van der Waals surface area contributed by atoms with Crippen LogP contribution in [0, 0.1) is 11.7 Å². The average Bonchev–Trinajstić information content (AvgIpc) is 3.08. The van der Waals surface area contributed by atoms with Crippen LogP contribution < -0.4 is 5.32 Å². The Morgan fingerprint density at radius 3 is 2.50 bits per heavy atom. The van der Waals surface area contributed by atoms with Crippen LogP contribution in [0.4, 0.5) is 4.39 Å². The molecule has 0 bridgehead atoms. The molecule has 0 saturated heterocycles. The van der Waals surface area contributed by atoms with E-state index < -0.39 is 0 Å². The maximum Gasteiger partial charge on any atom is 0.123 e. The molecule has 2 saturated carbocycles. The zero-order valence-electron chi connectivity index (χ0n) is 11.0. The lowest BCUT2D eigenvalue weighted by Gasteiger charge is -2.38. The summed E-state index contributed by atoms with van der Waals surface area (Å²) in [7, 11) is 0. The highest BCUT2D eigenvalue weighted by molar-refractivity contribution is 5.23. The fourth-order valence-corrected chi connectivity index (χ4v) is 3.09. The van der Waals surface area contributed by atoms with Gasteiger partial charge in [-0.1, -0.05) is 25.0 Å². The van der Waals surface area contributed by atoms with Crippen molar-refractivity contribution < 1.29 is 4.39 Å². The van der Waals surface area contributed by atoms with Gasteiger partial charge in [-0.25, -0.2) is 4.39 Å². The molecule has 0 aromatic heterocycles. The Labute approximate surface area is 109 Å². The van der Waals surface area contributed by atoms with Crippen LogP contribution in [0.15, 0.2) is 24.3 Å². The third kappa shape index (κ3) is 2.92. The summed E-state index contributed by atoms with van der Waals surface area (Å²) in [6, 6.07) is 8.36. The minimum absolute atomic E-state index is 0.134. The van der Waals surface area contributed by atoms with E-state index in [1.54, 1.807) is 12.1 Å². The molecule has 1 nitrogen and oxygen atoms in total. The minimum Gasteiger partial charge on any atom is -0.311 e. The molecule has 0 aliphatic heterocycles. The van der Waals surface area contributed by atoms with E-state index in [2.05, 4.69) is 12.2 Å². The van der Waals surface area contributed by atoms with Gasteiger partial charge in [0.05, 0.1) is 0 Å². The molecule has 3 rings (SSSR count). The largest absolute Gasteiger partial charge is 0.311 e. The van der Waals surface area contributed by atoms with Crippen molar-refractivity contribution in [1.29, 1.82) is 0 Å². The van der Waals surface area contributed by atoms with Crippen LogP contribution >= 0.6 is 0 Å². The highest BCUT2D eigenvalue weighted by Gasteiger charge is 2.32. The van der Waals surface area contributed by atoms with Gasteiger partial charge in [-0.2, -0.15) is 0 Å². The molecule has 2 aliphatic carbocycles. The van der Waals surface area contributed by atoms with Crippen LogP contribution in [0.5, 0.6) is 0 Å². The summed E-state index contributed by atoms with van der Waals surface area (Å²) in [5, 5.41) is 3.72. The van der Waals surface area contributed by atoms with Gasteiger partial charge in [-0.3, -0.25) is 0 Å². The van der Waals surface area contributed by atoms with Crippen LogP contribution in [-0.2, 0) is 0 Å². The Morgan fingerprint density at radius 1 is 1.22 bits per heavy atom. The van der Waals surface area contributed by atoms with Gasteiger partial charge in [0.1, 0.15) is 5.82 Å². The summed E-state index contributed by atoms with van der Waals surface area (Å²) < 4.78 is 12.8. The zero-order chi connectivity index (χ0) is 12.5. The van der Waals surface area contributed by atoms with Gasteiger partial charge in [0.25, 0.3) is 0 Å². The fourth-order valence-electron chi connectivity index (χ4n) is 3.09. The van der Waals surface area contributed by atoms with Gasteiger partial charge in [-0.15, -0.1) is 0 Å². The maximum atomic E-state index is 12.8. The van der Waals surface area contributed by atoms with Crippen LogP contribution in [0.3, 0.4) is 0 Å². The molecule has 1 atom stereocenters. The molecule has 1 aromatic carbocycles. The molecule has 0 heterocycles. The first-order valence-electron chi connectivity index (χ1n) is 7.22. The normalized spacial score (nSPS) is 28.8. The standard InChI is InChI=1S/C16H22FN/c1-11(8-12-2-3-12)18-16-9-14(10-16)13-4-6-15(17)7-5-13/h4-7,11-12,14,16,18H,2-3,8-10H2,1H3. The first-order chi connectivity index (χ1) is 8.70. The second-order valence-electron chi connectivity index (χ2n) is 6.16. The van der Waals surface area contributed by atoms with Crippen molar-refractivity contribution in [1.82, 2.24) is 5.32 Å². The van der Waals surface area contributed by atoms with Crippen LogP contribution in [0.1, 0.15) is 50.5 Å². The fraction of sp³-hybridized carbons (Fsp3) is 0.625. The van der Waals surface area contributed by atoms with Crippen LogP contribution in [-0.4, -0.2) is 12.1 Å². The molecule has 1 aromatic rings. The Kier molecular flexibility index (Phi) is 3.38. The van der Waals surface area contributed by atoms with Crippen LogP contribution in [0.2, 0.25) is 0 Å². The predicted molar refractivity (Wildman–Crippen MR) is 72.1 cm³/mol. The highest BCUT2D eigenvalue weighted by atomic mass is 19.1. The Bertz CT molecular complexity index is 390. The molecular weight excluding hydrogens is 225 g/mol. The van der Waals surface area contributed by atoms with Gasteiger partial charge in [0, 0.05) is 12.1 Å². The van der Waals surface area contributed by atoms with Crippen molar-refractivity contribution in [3.05, 3.63) is 35.6 Å². The average molecular weight is 247 g/mol. The van der Waals surface area contributed by atoms with Gasteiger partial charge in [0.15, 0.2) is 0 Å². The number of benzene rings is 1. The molecule has 1 unspecified atom stereocenters. The summed E-state index contributed by atoms with van der Waals surface area (Å²) in [6.45, 7) is 2.31. The number of nitrogens with one attached hydrogen (secondary N) is 1. The van der Waals surface area contributed by atoms with Crippen molar-refractivity contribution in [3.8, 4) is 0 Å². The molecule has 0 amide bonds. The molecule has 2 heteroatoms. The zero-order valence-corrected chi connectivity index (χ0v) is 11.0. The lowest BCUT2D eigenvalue weighted by atomic mass is 9.75. The van der Waals surface area contributed by atoms with Gasteiger partial charge >= 0.3 is 0 Å².